The van der Waals surface area contributed by atoms with Crippen molar-refractivity contribution in [3.63, 3.8) is 0 Å². The van der Waals surface area contributed by atoms with E-state index in [9.17, 15) is 22.8 Å². The van der Waals surface area contributed by atoms with Crippen molar-refractivity contribution in [1.29, 1.82) is 0 Å². The molecule has 0 aromatic carbocycles. The van der Waals surface area contributed by atoms with Gasteiger partial charge in [-0.15, -0.1) is 0 Å². The minimum atomic E-state index is -4.92. The fraction of sp³-hybridized carbons (Fsp3) is 0.818. The van der Waals surface area contributed by atoms with Crippen molar-refractivity contribution in [1.82, 2.24) is 4.90 Å². The van der Waals surface area contributed by atoms with Gasteiger partial charge in [-0.3, -0.25) is 9.59 Å². The summed E-state index contributed by atoms with van der Waals surface area (Å²) in [7, 11) is 0. The lowest BCUT2D eigenvalue weighted by atomic mass is 9.77. The first-order chi connectivity index (χ1) is 8.26. The Hall–Kier alpha value is -1.27. The lowest BCUT2D eigenvalue weighted by Crippen LogP contribution is -2.40. The molecule has 0 radical (unpaired) electrons. The number of hydrogen-bond acceptors (Lipinski definition) is 2. The van der Waals surface area contributed by atoms with E-state index in [0.29, 0.717) is 17.7 Å². The highest BCUT2D eigenvalue weighted by Gasteiger charge is 2.56. The van der Waals surface area contributed by atoms with Crippen molar-refractivity contribution in [2.75, 3.05) is 13.1 Å². The summed E-state index contributed by atoms with van der Waals surface area (Å²) in [6.07, 6.45) is -2.11. The smallest absolute Gasteiger partial charge is 0.471 e. The third-order valence-electron chi connectivity index (χ3n) is 4.08. The summed E-state index contributed by atoms with van der Waals surface area (Å²) < 4.78 is 37.1. The van der Waals surface area contributed by atoms with Gasteiger partial charge in [0.1, 0.15) is 0 Å². The molecule has 1 heterocycles. The predicted molar refractivity (Wildman–Crippen MR) is 54.7 cm³/mol. The Kier molecular flexibility index (Phi) is 3.03. The molecule has 0 aromatic rings. The highest BCUT2D eigenvalue weighted by molar-refractivity contribution is 5.83. The predicted octanol–water partition coefficient (Wildman–Crippen LogP) is 1.65. The van der Waals surface area contributed by atoms with Crippen LogP contribution in [0.15, 0.2) is 0 Å². The van der Waals surface area contributed by atoms with Crippen molar-refractivity contribution in [3.8, 4) is 0 Å². The number of rotatable bonds is 1. The van der Waals surface area contributed by atoms with E-state index in [1.165, 1.54) is 0 Å². The van der Waals surface area contributed by atoms with Crippen LogP contribution in [0.1, 0.15) is 25.7 Å². The number of halogens is 3. The van der Waals surface area contributed by atoms with Crippen LogP contribution in [0.2, 0.25) is 0 Å². The molecule has 2 fully saturated rings. The molecule has 2 rings (SSSR count). The van der Waals surface area contributed by atoms with Gasteiger partial charge in [-0.1, -0.05) is 12.8 Å². The minimum Gasteiger partial charge on any atom is -0.481 e. The molecule has 1 N–H and O–H groups in total. The Balaban J connectivity index is 2.20. The van der Waals surface area contributed by atoms with Gasteiger partial charge in [-0.2, -0.15) is 13.2 Å². The number of alkyl halides is 3. The molecule has 18 heavy (non-hydrogen) atoms. The Morgan fingerprint density at radius 1 is 1.22 bits per heavy atom. The molecule has 1 atom stereocenters. The van der Waals surface area contributed by atoms with E-state index < -0.39 is 29.4 Å². The van der Waals surface area contributed by atoms with Crippen LogP contribution in [0.5, 0.6) is 0 Å². The fourth-order valence-corrected chi connectivity index (χ4v) is 3.23. The number of amides is 1. The Morgan fingerprint density at radius 3 is 2.22 bits per heavy atom. The Morgan fingerprint density at radius 2 is 1.78 bits per heavy atom. The molecule has 1 unspecified atom stereocenters. The summed E-state index contributed by atoms with van der Waals surface area (Å²) in [5.41, 5.74) is -0.646. The van der Waals surface area contributed by atoms with Crippen LogP contribution in [0.3, 0.4) is 0 Å². The summed E-state index contributed by atoms with van der Waals surface area (Å²) in [6, 6.07) is 0. The third-order valence-corrected chi connectivity index (χ3v) is 4.08. The Bertz CT molecular complexity index is 374. The topological polar surface area (TPSA) is 57.6 Å². The number of hydrogen-bond donors (Lipinski definition) is 1. The molecule has 4 nitrogen and oxygen atoms in total. The number of aliphatic carboxylic acids is 1. The second kappa shape index (κ2) is 4.13. The van der Waals surface area contributed by atoms with Crippen LogP contribution in [-0.2, 0) is 9.59 Å². The normalized spacial score (nSPS) is 26.8. The molecule has 1 aliphatic heterocycles. The molecule has 1 saturated carbocycles. The molecule has 0 aromatic heterocycles. The largest absolute Gasteiger partial charge is 0.481 e. The van der Waals surface area contributed by atoms with E-state index in [2.05, 4.69) is 0 Å². The summed E-state index contributed by atoms with van der Waals surface area (Å²) in [6.45, 7) is -0.407. The van der Waals surface area contributed by atoms with Gasteiger partial charge in [-0.25, -0.2) is 0 Å². The quantitative estimate of drug-likeness (QED) is 0.784. The maximum atomic E-state index is 12.4. The van der Waals surface area contributed by atoms with Crippen LogP contribution < -0.4 is 0 Å². The zero-order valence-corrected chi connectivity index (χ0v) is 9.66. The minimum absolute atomic E-state index is 0.0810. The lowest BCUT2D eigenvalue weighted by Gasteiger charge is -2.26. The van der Waals surface area contributed by atoms with Gasteiger partial charge in [-0.05, 0) is 12.8 Å². The van der Waals surface area contributed by atoms with Gasteiger partial charge in [0, 0.05) is 18.5 Å². The number of carboxylic acids is 1. The first-order valence-corrected chi connectivity index (χ1v) is 5.85. The van der Waals surface area contributed by atoms with Crippen molar-refractivity contribution in [2.24, 2.45) is 11.3 Å². The van der Waals surface area contributed by atoms with Gasteiger partial charge >= 0.3 is 18.1 Å². The van der Waals surface area contributed by atoms with Crippen molar-refractivity contribution in [3.05, 3.63) is 0 Å². The van der Waals surface area contributed by atoms with Crippen molar-refractivity contribution >= 4 is 11.9 Å². The molecule has 1 amide bonds. The van der Waals surface area contributed by atoms with Crippen LogP contribution >= 0.6 is 0 Å². The number of likely N-dealkylation sites (tertiary alicyclic amines) is 1. The average molecular weight is 265 g/mol. The zero-order chi connectivity index (χ0) is 13.6. The van der Waals surface area contributed by atoms with Crippen LogP contribution in [0.25, 0.3) is 0 Å². The summed E-state index contributed by atoms with van der Waals surface area (Å²) >= 11 is 0. The SMILES string of the molecule is O=C(O)C1CN(C(=O)C(F)(F)F)CC12CCCC2. The van der Waals surface area contributed by atoms with Gasteiger partial charge in [0.25, 0.3) is 0 Å². The Labute approximate surface area is 102 Å². The van der Waals surface area contributed by atoms with Crippen LogP contribution in [0, 0.1) is 11.3 Å². The molecule has 1 aliphatic carbocycles. The standard InChI is InChI=1S/C11H14F3NO3/c12-11(13,14)9(18)15-5-7(8(16)17)10(6-15)3-1-2-4-10/h7H,1-6H2,(H,16,17). The van der Waals surface area contributed by atoms with E-state index in [4.69, 9.17) is 5.11 Å². The number of carbonyl (C=O) groups excluding carboxylic acids is 1. The van der Waals surface area contributed by atoms with Crippen molar-refractivity contribution < 1.29 is 27.9 Å². The molecule has 1 saturated heterocycles. The highest BCUT2D eigenvalue weighted by atomic mass is 19.4. The summed E-state index contributed by atoms with van der Waals surface area (Å²) in [4.78, 5) is 23.0. The fourth-order valence-electron chi connectivity index (χ4n) is 3.23. The number of nitrogens with zero attached hydrogens (tertiary/aromatic N) is 1. The van der Waals surface area contributed by atoms with Gasteiger partial charge in [0.2, 0.25) is 0 Å². The molecular weight excluding hydrogens is 251 g/mol. The maximum Gasteiger partial charge on any atom is 0.471 e. The second-order valence-electron chi connectivity index (χ2n) is 5.14. The van der Waals surface area contributed by atoms with Crippen LogP contribution in [0.4, 0.5) is 13.2 Å². The molecule has 0 bridgehead atoms. The van der Waals surface area contributed by atoms with E-state index in [0.717, 1.165) is 12.8 Å². The van der Waals surface area contributed by atoms with E-state index in [1.807, 2.05) is 0 Å². The molecule has 1 spiro atoms. The molecule has 2 aliphatic rings. The molecule has 102 valence electrons. The first-order valence-electron chi connectivity index (χ1n) is 5.85. The zero-order valence-electron chi connectivity index (χ0n) is 9.66. The number of carboxylic acid groups (broad SMARTS) is 1. The first kappa shape index (κ1) is 13.2. The highest BCUT2D eigenvalue weighted by Crippen LogP contribution is 2.49. The average Bonchev–Trinajstić information content (AvgIpc) is 2.85. The van der Waals surface area contributed by atoms with Crippen molar-refractivity contribution in [2.45, 2.75) is 31.9 Å². The van der Waals surface area contributed by atoms with Gasteiger partial charge in [0.05, 0.1) is 5.92 Å². The van der Waals surface area contributed by atoms with Crippen LogP contribution in [-0.4, -0.2) is 41.1 Å². The monoisotopic (exact) mass is 265 g/mol. The van der Waals surface area contributed by atoms with E-state index in [1.54, 1.807) is 0 Å². The number of carbonyl (C=O) groups is 2. The third kappa shape index (κ3) is 2.06. The summed E-state index contributed by atoms with van der Waals surface area (Å²) in [5, 5.41) is 9.12. The van der Waals surface area contributed by atoms with Gasteiger partial charge < -0.3 is 10.0 Å². The molecular formula is C11H14F3NO3. The van der Waals surface area contributed by atoms with Gasteiger partial charge in [0.15, 0.2) is 0 Å². The van der Waals surface area contributed by atoms with E-state index in [-0.39, 0.29) is 13.1 Å². The van der Waals surface area contributed by atoms with E-state index >= 15 is 0 Å². The molecule has 7 heteroatoms. The summed E-state index contributed by atoms with van der Waals surface area (Å²) in [5.74, 6) is -3.89. The second-order valence-corrected chi connectivity index (χ2v) is 5.14. The lowest BCUT2D eigenvalue weighted by molar-refractivity contribution is -0.184. The maximum absolute atomic E-state index is 12.4.